The molecule has 0 saturated heterocycles. The zero-order valence-corrected chi connectivity index (χ0v) is 7.15. The average molecular weight is 176 g/mol. The minimum absolute atomic E-state index is 0.00722. The van der Waals surface area contributed by atoms with E-state index in [4.69, 9.17) is 0 Å². The minimum atomic E-state index is -0.00722. The molecule has 2 heteroatoms. The van der Waals surface area contributed by atoms with E-state index < -0.39 is 0 Å². The molecule has 0 aliphatic carbocycles. The van der Waals surface area contributed by atoms with Crippen LogP contribution < -0.4 is 0 Å². The molecule has 1 nitrogen and oxygen atoms in total. The second-order valence-electron chi connectivity index (χ2n) is 1.89. The van der Waals surface area contributed by atoms with E-state index in [1.54, 1.807) is 0 Å². The van der Waals surface area contributed by atoms with Crippen molar-refractivity contribution in [2.75, 3.05) is 0 Å². The number of carbonyl (C=O) groups is 1. The number of rotatable bonds is 2. The predicted octanol–water partition coefficient (Wildman–Crippen LogP) is 1.32. The third-order valence-corrected chi connectivity index (χ3v) is 2.15. The molecule has 0 aliphatic heterocycles. The van der Waals surface area contributed by atoms with E-state index in [1.807, 2.05) is 13.8 Å². The van der Waals surface area contributed by atoms with Gasteiger partial charge in [-0.25, -0.2) is 0 Å². The Labute approximate surface area is 59.3 Å². The van der Waals surface area contributed by atoms with Crippen LogP contribution in [0.2, 0.25) is 3.12 Å². The first-order valence-electron chi connectivity index (χ1n) is 2.34. The van der Waals surface area contributed by atoms with Crippen molar-refractivity contribution in [1.29, 1.82) is 0 Å². The van der Waals surface area contributed by atoms with Crippen LogP contribution >= 0.6 is 0 Å². The molecule has 0 amide bonds. The summed E-state index contributed by atoms with van der Waals surface area (Å²) < 4.78 is -0.00722. The van der Waals surface area contributed by atoms with Crippen molar-refractivity contribution < 1.29 is 29.5 Å². The number of hydrogen-bond donors (Lipinski definition) is 0. The van der Waals surface area contributed by atoms with Crippen LogP contribution in [-0.2, 0) is 29.5 Å². The van der Waals surface area contributed by atoms with Crippen LogP contribution in [0.4, 0.5) is 0 Å². The van der Waals surface area contributed by atoms with Gasteiger partial charge in [0, 0.05) is 0 Å². The average Bonchev–Trinajstić information content (AvgIpc) is 1.68. The van der Waals surface area contributed by atoms with E-state index in [0.717, 1.165) is 12.7 Å². The molecule has 1 atom stereocenters. The molecule has 0 saturated carbocycles. The van der Waals surface area contributed by atoms with Crippen LogP contribution in [0.3, 0.4) is 0 Å². The standard InChI is InChI=1S/C5H9O.Zr/c1-3-5(2)4-6;/h4H,3H2,1-2H3;. The van der Waals surface area contributed by atoms with Gasteiger partial charge in [0.1, 0.15) is 0 Å². The third-order valence-electron chi connectivity index (χ3n) is 0.995. The molecule has 0 aromatic carbocycles. The summed E-state index contributed by atoms with van der Waals surface area (Å²) in [6.07, 6.45) is 2.00. The normalized spacial score (nSPS) is 17.9. The van der Waals surface area contributed by atoms with Gasteiger partial charge in [-0.15, -0.1) is 0 Å². The van der Waals surface area contributed by atoms with Crippen LogP contribution in [0.5, 0.6) is 0 Å². The van der Waals surface area contributed by atoms with Crippen LogP contribution in [0.15, 0.2) is 0 Å². The van der Waals surface area contributed by atoms with Crippen molar-refractivity contribution in [3.8, 4) is 0 Å². The molecule has 0 N–H and O–H groups in total. The monoisotopic (exact) mass is 175 g/mol. The quantitative estimate of drug-likeness (QED) is 0.580. The Morgan fingerprint density at radius 1 is 1.86 bits per heavy atom. The molecule has 0 radical (unpaired) electrons. The molecule has 0 fully saturated rings. The van der Waals surface area contributed by atoms with Crippen molar-refractivity contribution in [1.82, 2.24) is 0 Å². The van der Waals surface area contributed by atoms with Gasteiger partial charge in [0.05, 0.1) is 0 Å². The summed E-state index contributed by atoms with van der Waals surface area (Å²) in [5.41, 5.74) is 0. The predicted molar refractivity (Wildman–Crippen MR) is 24.7 cm³/mol. The van der Waals surface area contributed by atoms with Gasteiger partial charge in [-0.2, -0.15) is 0 Å². The van der Waals surface area contributed by atoms with Crippen LogP contribution in [-0.4, -0.2) is 6.29 Å². The summed E-state index contributed by atoms with van der Waals surface area (Å²) in [6.45, 7) is 4.00. The molecule has 1 unspecified atom stereocenters. The molecule has 0 aromatic rings. The first kappa shape index (κ1) is 7.55. The van der Waals surface area contributed by atoms with E-state index >= 15 is 0 Å². The summed E-state index contributed by atoms with van der Waals surface area (Å²) in [4.78, 5) is 10.1. The second kappa shape index (κ2) is 2.76. The molecule has 0 bridgehead atoms. The zero-order chi connectivity index (χ0) is 5.91. The summed E-state index contributed by atoms with van der Waals surface area (Å²) in [7, 11) is 0. The Hall–Kier alpha value is 0.553. The van der Waals surface area contributed by atoms with E-state index in [1.165, 1.54) is 24.7 Å². The van der Waals surface area contributed by atoms with Gasteiger partial charge in [-0.1, -0.05) is 0 Å². The van der Waals surface area contributed by atoms with Gasteiger partial charge in [-0.3, -0.25) is 0 Å². The number of aldehydes is 1. The van der Waals surface area contributed by atoms with E-state index in [-0.39, 0.29) is 3.12 Å². The third kappa shape index (κ3) is 3.16. The van der Waals surface area contributed by atoms with Gasteiger partial charge in [0.25, 0.3) is 0 Å². The molecular weight excluding hydrogens is 167 g/mol. The molecule has 7 heavy (non-hydrogen) atoms. The van der Waals surface area contributed by atoms with Gasteiger partial charge in [-0.05, 0) is 0 Å². The van der Waals surface area contributed by atoms with E-state index in [0.29, 0.717) is 0 Å². The Kier molecular flexibility index (Phi) is 2.98. The second-order valence-corrected chi connectivity index (χ2v) is 4.70. The Morgan fingerprint density at radius 3 is 2.29 bits per heavy atom. The molecule has 0 spiro atoms. The first-order valence-corrected chi connectivity index (χ1v) is 3.56. The topological polar surface area (TPSA) is 17.1 Å². The fraction of sp³-hybridized carbons (Fsp3) is 0.800. The van der Waals surface area contributed by atoms with E-state index in [2.05, 4.69) is 0 Å². The Morgan fingerprint density at radius 2 is 2.29 bits per heavy atom. The fourth-order valence-corrected chi connectivity index (χ4v) is 0.0833. The van der Waals surface area contributed by atoms with Crippen molar-refractivity contribution in [3.05, 3.63) is 0 Å². The molecular formula is C5H9OZr. The van der Waals surface area contributed by atoms with Crippen molar-refractivity contribution in [2.45, 2.75) is 23.4 Å². The molecule has 39 valence electrons. The summed E-state index contributed by atoms with van der Waals surface area (Å²) >= 11 is 1.32. The maximum absolute atomic E-state index is 10.1. The summed E-state index contributed by atoms with van der Waals surface area (Å²) in [5, 5.41) is 0. The molecule has 0 rings (SSSR count). The SMILES string of the molecule is CC[C](C)([Zr])C=O. The molecule has 0 aromatic heterocycles. The van der Waals surface area contributed by atoms with Crippen molar-refractivity contribution >= 4 is 6.29 Å². The van der Waals surface area contributed by atoms with Gasteiger partial charge >= 0.3 is 59.2 Å². The van der Waals surface area contributed by atoms with Gasteiger partial charge in [0.15, 0.2) is 0 Å². The Bertz CT molecular complexity index is 68.5. The zero-order valence-electron chi connectivity index (χ0n) is 4.69. The van der Waals surface area contributed by atoms with E-state index in [9.17, 15) is 4.79 Å². The van der Waals surface area contributed by atoms with Gasteiger partial charge < -0.3 is 0 Å². The van der Waals surface area contributed by atoms with Crippen LogP contribution in [0, 0.1) is 0 Å². The van der Waals surface area contributed by atoms with Crippen LogP contribution in [0.25, 0.3) is 0 Å². The van der Waals surface area contributed by atoms with Crippen molar-refractivity contribution in [2.24, 2.45) is 0 Å². The van der Waals surface area contributed by atoms with Crippen LogP contribution in [0.1, 0.15) is 20.3 Å². The fourth-order valence-electron chi connectivity index (χ4n) is 0.0833. The first-order chi connectivity index (χ1) is 3.12. The summed E-state index contributed by atoms with van der Waals surface area (Å²) in [5.74, 6) is 0. The molecule has 0 aliphatic rings. The number of carbonyl (C=O) groups excluding carboxylic acids is 1. The van der Waals surface area contributed by atoms with Gasteiger partial charge in [0.2, 0.25) is 0 Å². The molecule has 0 heterocycles. The Balaban J connectivity index is 3.58. The number of hydrogen-bond acceptors (Lipinski definition) is 1. The maximum atomic E-state index is 10.1. The van der Waals surface area contributed by atoms with Crippen molar-refractivity contribution in [3.63, 3.8) is 0 Å². The summed E-state index contributed by atoms with van der Waals surface area (Å²) in [6, 6.07) is 0.